The maximum Gasteiger partial charge on any atom is 0.328 e. The first-order valence-electron chi connectivity index (χ1n) is 4.94. The van der Waals surface area contributed by atoms with Crippen molar-refractivity contribution in [3.05, 3.63) is 26.3 Å². The molecule has 1 fully saturated rings. The van der Waals surface area contributed by atoms with Crippen LogP contribution in [-0.2, 0) is 4.74 Å². The van der Waals surface area contributed by atoms with Crippen LogP contribution >= 0.6 is 23.8 Å². The fourth-order valence-corrected chi connectivity index (χ4v) is 1.99. The largest absolute Gasteiger partial charge is 0.394 e. The van der Waals surface area contributed by atoms with E-state index in [0.717, 1.165) is 4.57 Å². The van der Waals surface area contributed by atoms with Crippen LogP contribution in [0.25, 0.3) is 0 Å². The molecule has 0 amide bonds. The van der Waals surface area contributed by atoms with Gasteiger partial charge in [0.1, 0.15) is 23.1 Å². The average molecular weight is 281 g/mol. The number of H-pyrrole nitrogens is 1. The Hall–Kier alpha value is -0.760. The highest BCUT2D eigenvalue weighted by molar-refractivity contribution is 7.71. The zero-order valence-corrected chi connectivity index (χ0v) is 10.2. The maximum absolute atomic E-state index is 13.4. The molecule has 1 saturated heterocycles. The van der Waals surface area contributed by atoms with Crippen molar-refractivity contribution in [2.45, 2.75) is 24.9 Å². The molecule has 3 atom stereocenters. The lowest BCUT2D eigenvalue weighted by molar-refractivity contribution is -0.0355. The van der Waals surface area contributed by atoms with E-state index in [1.54, 1.807) is 0 Å². The van der Waals surface area contributed by atoms with Crippen molar-refractivity contribution in [3.63, 3.8) is 0 Å². The monoisotopic (exact) mass is 280 g/mol. The molecule has 1 aliphatic rings. The van der Waals surface area contributed by atoms with E-state index in [0.29, 0.717) is 0 Å². The van der Waals surface area contributed by atoms with Crippen molar-refractivity contribution in [2.24, 2.45) is 0 Å². The van der Waals surface area contributed by atoms with Crippen LogP contribution in [0.2, 0.25) is 5.02 Å². The van der Waals surface area contributed by atoms with Gasteiger partial charge in [-0.2, -0.15) is 0 Å². The minimum Gasteiger partial charge on any atom is -0.394 e. The Morgan fingerprint density at radius 1 is 1.76 bits per heavy atom. The fourth-order valence-electron chi connectivity index (χ4n) is 1.70. The van der Waals surface area contributed by atoms with Crippen molar-refractivity contribution in [3.8, 4) is 0 Å². The summed E-state index contributed by atoms with van der Waals surface area (Å²) in [5.74, 6) is 0. The standard InChI is InChI=1S/C9H10ClFN2O3S/c10-4-2-13(9(15)12-8(4)17)7-1-5(11)6(3-14)16-7/h2,5-7,14H,1,3H2,(H,12,15,17)/t5-,6+,7-/m0/s1. The summed E-state index contributed by atoms with van der Waals surface area (Å²) in [5, 5.41) is 9.05. The van der Waals surface area contributed by atoms with E-state index < -0.39 is 30.8 Å². The summed E-state index contributed by atoms with van der Waals surface area (Å²) < 4.78 is 19.8. The van der Waals surface area contributed by atoms with Crippen LogP contribution in [0.15, 0.2) is 11.0 Å². The molecule has 94 valence electrons. The summed E-state index contributed by atoms with van der Waals surface area (Å²) in [4.78, 5) is 14.0. The lowest BCUT2D eigenvalue weighted by atomic mass is 10.2. The van der Waals surface area contributed by atoms with Gasteiger partial charge >= 0.3 is 5.69 Å². The van der Waals surface area contributed by atoms with Gasteiger partial charge in [-0.1, -0.05) is 23.8 Å². The molecule has 1 aromatic rings. The Morgan fingerprint density at radius 2 is 2.47 bits per heavy atom. The first-order chi connectivity index (χ1) is 8.02. The summed E-state index contributed by atoms with van der Waals surface area (Å²) in [6.07, 6.45) is -1.70. The van der Waals surface area contributed by atoms with E-state index in [-0.39, 0.29) is 16.1 Å². The number of alkyl halides is 1. The Bertz CT molecular complexity index is 532. The number of halogens is 2. The molecule has 0 unspecified atom stereocenters. The summed E-state index contributed by atoms with van der Waals surface area (Å²) in [5.41, 5.74) is -0.518. The van der Waals surface area contributed by atoms with Gasteiger partial charge in [0.05, 0.1) is 11.6 Å². The molecule has 2 heterocycles. The van der Waals surface area contributed by atoms with Gasteiger partial charge in [0, 0.05) is 12.6 Å². The summed E-state index contributed by atoms with van der Waals surface area (Å²) in [7, 11) is 0. The van der Waals surface area contributed by atoms with Gasteiger partial charge in [0.2, 0.25) is 0 Å². The van der Waals surface area contributed by atoms with Gasteiger partial charge in [-0.25, -0.2) is 9.18 Å². The highest BCUT2D eigenvalue weighted by Crippen LogP contribution is 2.29. The first-order valence-corrected chi connectivity index (χ1v) is 5.73. The third-order valence-electron chi connectivity index (χ3n) is 2.58. The molecule has 0 aromatic carbocycles. The summed E-state index contributed by atoms with van der Waals surface area (Å²) >= 11 is 10.6. The lowest BCUT2D eigenvalue weighted by Gasteiger charge is -2.14. The van der Waals surface area contributed by atoms with Crippen molar-refractivity contribution in [1.29, 1.82) is 0 Å². The van der Waals surface area contributed by atoms with E-state index in [1.807, 2.05) is 0 Å². The molecule has 8 heteroatoms. The maximum atomic E-state index is 13.4. The van der Waals surface area contributed by atoms with Gasteiger partial charge in [-0.3, -0.25) is 9.55 Å². The predicted molar refractivity (Wildman–Crippen MR) is 61.4 cm³/mol. The Morgan fingerprint density at radius 3 is 3.06 bits per heavy atom. The molecular formula is C9H10ClFN2O3S. The smallest absolute Gasteiger partial charge is 0.328 e. The summed E-state index contributed by atoms with van der Waals surface area (Å²) in [6, 6.07) is 0. The van der Waals surface area contributed by atoms with E-state index in [4.69, 9.17) is 33.7 Å². The normalized spacial score (nSPS) is 28.5. The van der Waals surface area contributed by atoms with E-state index in [9.17, 15) is 9.18 Å². The molecule has 2 N–H and O–H groups in total. The molecule has 1 aromatic heterocycles. The second kappa shape index (κ2) is 4.85. The molecule has 2 rings (SSSR count). The number of hydrogen-bond acceptors (Lipinski definition) is 4. The molecule has 5 nitrogen and oxygen atoms in total. The zero-order valence-electron chi connectivity index (χ0n) is 8.60. The number of aliphatic hydroxyl groups excluding tert-OH is 1. The second-order valence-corrected chi connectivity index (χ2v) is 4.52. The number of rotatable bonds is 2. The number of nitrogens with one attached hydrogen (secondary N) is 1. The molecule has 0 radical (unpaired) electrons. The minimum absolute atomic E-state index is 0.00786. The van der Waals surface area contributed by atoms with Crippen LogP contribution in [0.5, 0.6) is 0 Å². The van der Waals surface area contributed by atoms with E-state index in [1.165, 1.54) is 6.20 Å². The van der Waals surface area contributed by atoms with Crippen LogP contribution in [0.3, 0.4) is 0 Å². The van der Waals surface area contributed by atoms with Crippen LogP contribution in [0, 0.1) is 4.64 Å². The number of aromatic nitrogens is 2. The average Bonchev–Trinajstić information content (AvgIpc) is 2.65. The van der Waals surface area contributed by atoms with Gasteiger partial charge < -0.3 is 9.84 Å². The first kappa shape index (κ1) is 12.7. The molecule has 0 saturated carbocycles. The van der Waals surface area contributed by atoms with Crippen molar-refractivity contribution < 1.29 is 14.2 Å². The third kappa shape index (κ3) is 2.42. The Labute approximate surface area is 106 Å². The van der Waals surface area contributed by atoms with Crippen molar-refractivity contribution >= 4 is 23.8 Å². The molecule has 0 aliphatic carbocycles. The topological polar surface area (TPSA) is 67.2 Å². The van der Waals surface area contributed by atoms with E-state index in [2.05, 4.69) is 4.98 Å². The molecule has 17 heavy (non-hydrogen) atoms. The molecular weight excluding hydrogens is 271 g/mol. The molecule has 0 bridgehead atoms. The summed E-state index contributed by atoms with van der Waals surface area (Å²) in [6.45, 7) is -0.428. The highest BCUT2D eigenvalue weighted by Gasteiger charge is 2.36. The predicted octanol–water partition coefficient (Wildman–Crippen LogP) is 1.18. The third-order valence-corrected chi connectivity index (χ3v) is 3.30. The van der Waals surface area contributed by atoms with Crippen molar-refractivity contribution in [1.82, 2.24) is 9.55 Å². The van der Waals surface area contributed by atoms with Gasteiger partial charge in [-0.05, 0) is 0 Å². The number of aromatic amines is 1. The van der Waals surface area contributed by atoms with Crippen LogP contribution < -0.4 is 5.69 Å². The second-order valence-electron chi connectivity index (χ2n) is 3.71. The van der Waals surface area contributed by atoms with Gasteiger partial charge in [0.15, 0.2) is 0 Å². The van der Waals surface area contributed by atoms with E-state index >= 15 is 0 Å². The van der Waals surface area contributed by atoms with Gasteiger partial charge in [0.25, 0.3) is 0 Å². The number of aliphatic hydroxyl groups is 1. The SMILES string of the molecule is O=c1[nH]c(=S)c(Cl)cn1[C@@H]1C[C@H](F)[C@@H](CO)O1. The molecule has 1 aliphatic heterocycles. The highest BCUT2D eigenvalue weighted by atomic mass is 35.5. The number of nitrogens with zero attached hydrogens (tertiary/aromatic N) is 1. The lowest BCUT2D eigenvalue weighted by Crippen LogP contribution is -2.27. The number of ether oxygens (including phenoxy) is 1. The Balaban J connectivity index is 2.34. The van der Waals surface area contributed by atoms with Crippen LogP contribution in [-0.4, -0.2) is 33.5 Å². The Kier molecular flexibility index (Phi) is 3.62. The molecule has 0 spiro atoms. The van der Waals surface area contributed by atoms with Gasteiger partial charge in [-0.15, -0.1) is 0 Å². The fraction of sp³-hybridized carbons (Fsp3) is 0.556. The number of hydrogen-bond donors (Lipinski definition) is 2. The van der Waals surface area contributed by atoms with Crippen molar-refractivity contribution in [2.75, 3.05) is 6.61 Å². The minimum atomic E-state index is -1.31. The van der Waals surface area contributed by atoms with Crippen LogP contribution in [0.1, 0.15) is 12.6 Å². The quantitative estimate of drug-likeness (QED) is 0.798. The zero-order chi connectivity index (χ0) is 12.6. The van der Waals surface area contributed by atoms with Crippen LogP contribution in [0.4, 0.5) is 4.39 Å².